The second-order valence-corrected chi connectivity index (χ2v) is 5.17. The van der Waals surface area contributed by atoms with Gasteiger partial charge in [-0.1, -0.05) is 13.0 Å². The molecule has 0 saturated heterocycles. The van der Waals surface area contributed by atoms with Crippen molar-refractivity contribution in [1.29, 1.82) is 5.26 Å². The Morgan fingerprint density at radius 2 is 2.15 bits per heavy atom. The van der Waals surface area contributed by atoms with Crippen LogP contribution in [0.25, 0.3) is 0 Å². The lowest BCUT2D eigenvalue weighted by Gasteiger charge is -2.15. The molecule has 1 aromatic carbocycles. The summed E-state index contributed by atoms with van der Waals surface area (Å²) in [5, 5.41) is 23.6. The molecule has 0 radical (unpaired) electrons. The smallest absolute Gasteiger partial charge is 0.319 e. The number of anilines is 1. The molecular formula is C15H21N3O2. The Bertz CT molecular complexity index is 506. The second-order valence-electron chi connectivity index (χ2n) is 5.17. The fourth-order valence-corrected chi connectivity index (χ4v) is 1.93. The maximum atomic E-state index is 11.8. The van der Waals surface area contributed by atoms with Crippen molar-refractivity contribution in [2.24, 2.45) is 5.92 Å². The van der Waals surface area contributed by atoms with Crippen LogP contribution in [0.1, 0.15) is 31.4 Å². The Morgan fingerprint density at radius 3 is 2.75 bits per heavy atom. The number of urea groups is 1. The summed E-state index contributed by atoms with van der Waals surface area (Å²) in [4.78, 5) is 11.8. The van der Waals surface area contributed by atoms with Gasteiger partial charge in [-0.05, 0) is 43.9 Å². The summed E-state index contributed by atoms with van der Waals surface area (Å²) in [5.41, 5.74) is 2.04. The molecule has 1 rings (SSSR count). The van der Waals surface area contributed by atoms with Crippen LogP contribution in [-0.4, -0.2) is 23.8 Å². The molecule has 0 aromatic heterocycles. The van der Waals surface area contributed by atoms with Crippen LogP contribution in [0, 0.1) is 24.2 Å². The number of aryl methyl sites for hydroxylation is 1. The number of carbonyl (C=O) groups is 1. The Kier molecular flexibility index (Phi) is 6.01. The molecule has 0 aliphatic rings. The number of carbonyl (C=O) groups excluding carboxylic acids is 1. The third-order valence-electron chi connectivity index (χ3n) is 2.97. The number of nitrogens with zero attached hydrogens (tertiary/aromatic N) is 1. The minimum Gasteiger partial charge on any atom is -0.393 e. The zero-order chi connectivity index (χ0) is 15.1. The van der Waals surface area contributed by atoms with Gasteiger partial charge in [0.2, 0.25) is 0 Å². The molecule has 3 N–H and O–H groups in total. The number of benzene rings is 1. The number of hydrogen-bond donors (Lipinski definition) is 3. The van der Waals surface area contributed by atoms with Crippen LogP contribution >= 0.6 is 0 Å². The van der Waals surface area contributed by atoms with Crippen LogP contribution in [0.15, 0.2) is 18.2 Å². The molecule has 2 unspecified atom stereocenters. The van der Waals surface area contributed by atoms with Crippen molar-refractivity contribution in [2.75, 3.05) is 11.9 Å². The van der Waals surface area contributed by atoms with Crippen LogP contribution in [-0.2, 0) is 0 Å². The first-order valence-electron chi connectivity index (χ1n) is 6.66. The molecular weight excluding hydrogens is 254 g/mol. The third kappa shape index (κ3) is 5.29. The van der Waals surface area contributed by atoms with Gasteiger partial charge in [-0.3, -0.25) is 0 Å². The summed E-state index contributed by atoms with van der Waals surface area (Å²) in [6.07, 6.45) is 0.271. The number of hydrogen-bond acceptors (Lipinski definition) is 3. The Hall–Kier alpha value is -2.06. The first-order chi connectivity index (χ1) is 9.42. The van der Waals surface area contributed by atoms with Gasteiger partial charge >= 0.3 is 6.03 Å². The molecule has 5 heteroatoms. The lowest BCUT2D eigenvalue weighted by molar-refractivity contribution is 0.163. The van der Waals surface area contributed by atoms with E-state index in [1.165, 1.54) is 0 Å². The molecule has 0 aliphatic heterocycles. The highest BCUT2D eigenvalue weighted by Gasteiger charge is 2.09. The van der Waals surface area contributed by atoms with E-state index in [1.807, 2.05) is 19.9 Å². The van der Waals surface area contributed by atoms with Gasteiger partial charge in [0, 0.05) is 12.2 Å². The molecule has 0 spiro atoms. The lowest BCUT2D eigenvalue weighted by Crippen LogP contribution is -2.33. The van der Waals surface area contributed by atoms with Crippen LogP contribution in [0.2, 0.25) is 0 Å². The van der Waals surface area contributed by atoms with Crippen molar-refractivity contribution >= 4 is 11.7 Å². The number of nitriles is 1. The summed E-state index contributed by atoms with van der Waals surface area (Å²) in [6, 6.07) is 6.89. The average molecular weight is 275 g/mol. The number of amides is 2. The molecule has 0 heterocycles. The van der Waals surface area contributed by atoms with Crippen molar-refractivity contribution in [1.82, 2.24) is 5.32 Å². The fraction of sp³-hybridized carbons (Fsp3) is 0.467. The molecule has 20 heavy (non-hydrogen) atoms. The highest BCUT2D eigenvalue weighted by atomic mass is 16.3. The van der Waals surface area contributed by atoms with Crippen molar-refractivity contribution in [3.63, 3.8) is 0 Å². The third-order valence-corrected chi connectivity index (χ3v) is 2.97. The first-order valence-corrected chi connectivity index (χ1v) is 6.66. The van der Waals surface area contributed by atoms with Crippen LogP contribution in [0.5, 0.6) is 0 Å². The van der Waals surface area contributed by atoms with E-state index in [-0.39, 0.29) is 18.1 Å². The van der Waals surface area contributed by atoms with Gasteiger partial charge in [0.15, 0.2) is 0 Å². The van der Waals surface area contributed by atoms with Gasteiger partial charge in [0.25, 0.3) is 0 Å². The number of aliphatic hydroxyl groups is 1. The van der Waals surface area contributed by atoms with E-state index in [0.29, 0.717) is 24.2 Å². The molecule has 0 bridgehead atoms. The predicted octanol–water partition coefficient (Wildman–Crippen LogP) is 2.40. The van der Waals surface area contributed by atoms with Crippen LogP contribution < -0.4 is 10.6 Å². The first kappa shape index (κ1) is 16.0. The van der Waals surface area contributed by atoms with Crippen LogP contribution in [0.3, 0.4) is 0 Å². The SMILES string of the molecule is Cc1ccc(C#N)cc1NC(=O)NCC(C)CC(C)O. The highest BCUT2D eigenvalue weighted by molar-refractivity contribution is 5.90. The van der Waals surface area contributed by atoms with Gasteiger partial charge in [-0.15, -0.1) is 0 Å². The van der Waals surface area contributed by atoms with Crippen molar-refractivity contribution in [2.45, 2.75) is 33.3 Å². The zero-order valence-electron chi connectivity index (χ0n) is 12.1. The summed E-state index contributed by atoms with van der Waals surface area (Å²) >= 11 is 0. The van der Waals surface area contributed by atoms with Gasteiger partial charge in [-0.2, -0.15) is 5.26 Å². The van der Waals surface area contributed by atoms with Gasteiger partial charge in [-0.25, -0.2) is 4.79 Å². The highest BCUT2D eigenvalue weighted by Crippen LogP contribution is 2.16. The minimum atomic E-state index is -0.371. The Morgan fingerprint density at radius 1 is 1.45 bits per heavy atom. The largest absolute Gasteiger partial charge is 0.393 e. The van der Waals surface area contributed by atoms with E-state index in [2.05, 4.69) is 10.6 Å². The van der Waals surface area contributed by atoms with E-state index in [9.17, 15) is 9.90 Å². The normalized spacial score (nSPS) is 13.2. The quantitative estimate of drug-likeness (QED) is 0.771. The number of rotatable bonds is 5. The van der Waals surface area contributed by atoms with Crippen molar-refractivity contribution < 1.29 is 9.90 Å². The summed E-state index contributed by atoms with van der Waals surface area (Å²) in [5.74, 6) is 0.201. The zero-order valence-corrected chi connectivity index (χ0v) is 12.1. The van der Waals surface area contributed by atoms with Crippen LogP contribution in [0.4, 0.5) is 10.5 Å². The minimum absolute atomic E-state index is 0.201. The summed E-state index contributed by atoms with van der Waals surface area (Å²) in [6.45, 7) is 6.06. The molecule has 2 atom stereocenters. The maximum absolute atomic E-state index is 11.8. The van der Waals surface area contributed by atoms with Crippen molar-refractivity contribution in [3.8, 4) is 6.07 Å². The van der Waals surface area contributed by atoms with E-state index in [1.54, 1.807) is 25.1 Å². The number of aliphatic hydroxyl groups excluding tert-OH is 1. The second kappa shape index (κ2) is 7.51. The topological polar surface area (TPSA) is 85.2 Å². The van der Waals surface area contributed by atoms with Gasteiger partial charge in [0.1, 0.15) is 0 Å². The maximum Gasteiger partial charge on any atom is 0.319 e. The Labute approximate surface area is 119 Å². The fourth-order valence-electron chi connectivity index (χ4n) is 1.93. The molecule has 1 aromatic rings. The van der Waals surface area contributed by atoms with E-state index < -0.39 is 0 Å². The predicted molar refractivity (Wildman–Crippen MR) is 78.4 cm³/mol. The molecule has 0 fully saturated rings. The summed E-state index contributed by atoms with van der Waals surface area (Å²) < 4.78 is 0. The van der Waals surface area contributed by atoms with Gasteiger partial charge < -0.3 is 15.7 Å². The molecule has 0 saturated carbocycles. The number of nitrogens with one attached hydrogen (secondary N) is 2. The van der Waals surface area contributed by atoms with Gasteiger partial charge in [0.05, 0.1) is 17.7 Å². The molecule has 5 nitrogen and oxygen atoms in total. The summed E-state index contributed by atoms with van der Waals surface area (Å²) in [7, 11) is 0. The standard InChI is InChI=1S/C15H21N3O2/c1-10(6-12(3)19)9-17-15(20)18-14-7-13(8-16)5-4-11(14)2/h4-5,7,10,12,19H,6,9H2,1-3H3,(H2,17,18,20). The molecule has 108 valence electrons. The van der Waals surface area contributed by atoms with Crippen molar-refractivity contribution in [3.05, 3.63) is 29.3 Å². The monoisotopic (exact) mass is 275 g/mol. The Balaban J connectivity index is 2.53. The average Bonchev–Trinajstić information content (AvgIpc) is 2.38. The molecule has 2 amide bonds. The molecule has 0 aliphatic carbocycles. The van der Waals surface area contributed by atoms with E-state index in [0.717, 1.165) is 5.56 Å². The van der Waals surface area contributed by atoms with E-state index in [4.69, 9.17) is 5.26 Å². The van der Waals surface area contributed by atoms with E-state index >= 15 is 0 Å². The lowest BCUT2D eigenvalue weighted by atomic mass is 10.1.